The van der Waals surface area contributed by atoms with Crippen molar-refractivity contribution in [3.63, 3.8) is 0 Å². The zero-order valence-corrected chi connectivity index (χ0v) is 19.7. The van der Waals surface area contributed by atoms with Crippen LogP contribution < -0.4 is 10.0 Å². The lowest BCUT2D eigenvalue weighted by Gasteiger charge is -2.24. The molecule has 1 aromatic carbocycles. The molecule has 1 fully saturated rings. The predicted octanol–water partition coefficient (Wildman–Crippen LogP) is 4.19. The highest BCUT2D eigenvalue weighted by molar-refractivity contribution is 7.93. The van der Waals surface area contributed by atoms with Gasteiger partial charge in [-0.1, -0.05) is 12.1 Å². The summed E-state index contributed by atoms with van der Waals surface area (Å²) in [6.45, 7) is 3.46. The van der Waals surface area contributed by atoms with Gasteiger partial charge in [-0.05, 0) is 38.8 Å². The number of hydrogen-bond acceptors (Lipinski definition) is 7. The SMILES string of the molecule is CC(C)(NC(=O)c1ccc(-c2cncc(C(F)(F)F)n2)cc1)c1csc(NS(=O)(=O)C2CC2)n1. The lowest BCUT2D eigenvalue weighted by Crippen LogP contribution is -2.41. The average Bonchev–Trinajstić information content (AvgIpc) is 3.53. The number of sulfonamides is 1. The number of anilines is 1. The van der Waals surface area contributed by atoms with Crippen LogP contribution >= 0.6 is 11.3 Å². The summed E-state index contributed by atoms with van der Waals surface area (Å²) in [5.74, 6) is -0.431. The third kappa shape index (κ3) is 5.36. The molecule has 3 aromatic rings. The minimum atomic E-state index is -4.61. The van der Waals surface area contributed by atoms with Gasteiger partial charge in [0.15, 0.2) is 10.8 Å². The Labute approximate surface area is 197 Å². The molecule has 180 valence electrons. The molecule has 0 spiro atoms. The molecule has 4 rings (SSSR count). The first kappa shape index (κ1) is 24.1. The number of halogens is 3. The van der Waals surface area contributed by atoms with E-state index in [9.17, 15) is 26.4 Å². The Bertz CT molecular complexity index is 1320. The Kier molecular flexibility index (Phi) is 6.10. The van der Waals surface area contributed by atoms with Crippen LogP contribution in [0.4, 0.5) is 18.3 Å². The number of carbonyl (C=O) groups is 1. The van der Waals surface area contributed by atoms with Crippen molar-refractivity contribution >= 4 is 32.4 Å². The van der Waals surface area contributed by atoms with Crippen LogP contribution in [0.15, 0.2) is 42.0 Å². The summed E-state index contributed by atoms with van der Waals surface area (Å²) < 4.78 is 65.3. The molecule has 1 aliphatic carbocycles. The maximum absolute atomic E-state index is 12.9. The molecule has 2 aromatic heterocycles. The first-order valence-electron chi connectivity index (χ1n) is 10.1. The predicted molar refractivity (Wildman–Crippen MR) is 121 cm³/mol. The number of aromatic nitrogens is 3. The summed E-state index contributed by atoms with van der Waals surface area (Å²) in [7, 11) is -3.44. The van der Waals surface area contributed by atoms with Gasteiger partial charge in [0.2, 0.25) is 10.0 Å². The van der Waals surface area contributed by atoms with E-state index in [4.69, 9.17) is 0 Å². The maximum atomic E-state index is 12.9. The topological polar surface area (TPSA) is 114 Å². The van der Waals surface area contributed by atoms with Crippen molar-refractivity contribution in [1.82, 2.24) is 20.3 Å². The van der Waals surface area contributed by atoms with Crippen LogP contribution in [0.25, 0.3) is 11.3 Å². The smallest absolute Gasteiger partial charge is 0.341 e. The zero-order chi connectivity index (χ0) is 24.7. The Morgan fingerprint density at radius 2 is 1.74 bits per heavy atom. The van der Waals surface area contributed by atoms with Crippen molar-refractivity contribution in [3.05, 3.63) is 59.0 Å². The molecule has 0 aliphatic heterocycles. The van der Waals surface area contributed by atoms with Crippen molar-refractivity contribution in [2.24, 2.45) is 0 Å². The normalized spacial score (nSPS) is 14.6. The molecule has 0 unspecified atom stereocenters. The van der Waals surface area contributed by atoms with Crippen LogP contribution in [0.5, 0.6) is 0 Å². The fraction of sp³-hybridized carbons (Fsp3) is 0.333. The highest BCUT2D eigenvalue weighted by Gasteiger charge is 2.37. The maximum Gasteiger partial charge on any atom is 0.434 e. The van der Waals surface area contributed by atoms with Gasteiger partial charge in [0.1, 0.15) is 0 Å². The van der Waals surface area contributed by atoms with Gasteiger partial charge in [0, 0.05) is 16.5 Å². The number of alkyl halides is 3. The second-order valence-electron chi connectivity index (χ2n) is 8.33. The van der Waals surface area contributed by atoms with Crippen LogP contribution in [0.2, 0.25) is 0 Å². The van der Waals surface area contributed by atoms with E-state index in [1.807, 2.05) is 0 Å². The van der Waals surface area contributed by atoms with Gasteiger partial charge in [-0.2, -0.15) is 13.2 Å². The first-order valence-corrected chi connectivity index (χ1v) is 12.6. The quantitative estimate of drug-likeness (QED) is 0.492. The molecule has 8 nitrogen and oxygen atoms in total. The van der Waals surface area contributed by atoms with Gasteiger partial charge < -0.3 is 5.32 Å². The molecule has 0 saturated heterocycles. The van der Waals surface area contributed by atoms with Crippen LogP contribution in [0.3, 0.4) is 0 Å². The summed E-state index contributed by atoms with van der Waals surface area (Å²) in [6.07, 6.45) is -1.48. The number of nitrogens with one attached hydrogen (secondary N) is 2. The Morgan fingerprint density at radius 3 is 2.35 bits per heavy atom. The van der Waals surface area contributed by atoms with E-state index in [2.05, 4.69) is 25.0 Å². The van der Waals surface area contributed by atoms with Crippen LogP contribution in [0.1, 0.15) is 48.4 Å². The molecule has 1 aliphatic rings. The van der Waals surface area contributed by atoms with E-state index in [0.29, 0.717) is 30.3 Å². The van der Waals surface area contributed by atoms with Gasteiger partial charge in [0.25, 0.3) is 5.91 Å². The Morgan fingerprint density at radius 1 is 1.06 bits per heavy atom. The van der Waals surface area contributed by atoms with E-state index in [1.54, 1.807) is 19.2 Å². The van der Waals surface area contributed by atoms with E-state index in [0.717, 1.165) is 11.3 Å². The first-order chi connectivity index (χ1) is 15.8. The Balaban J connectivity index is 1.45. The highest BCUT2D eigenvalue weighted by Crippen LogP contribution is 2.32. The van der Waals surface area contributed by atoms with Crippen LogP contribution in [0, 0.1) is 0 Å². The number of carbonyl (C=O) groups excluding carboxylic acids is 1. The summed E-state index contributed by atoms with van der Waals surface area (Å²) in [5, 5.41) is 4.36. The standard InChI is InChI=1S/C21H20F3N5O3S2/c1-20(2,17-11-33-19(27-17)29-34(31,32)14-7-8-14)28-18(30)13-5-3-12(4-6-13)15-9-25-10-16(26-15)21(22,23)24/h3-6,9-11,14H,7-8H2,1-2H3,(H,27,29)(H,28,30). The van der Waals surface area contributed by atoms with Crippen LogP contribution in [-0.4, -0.2) is 34.5 Å². The zero-order valence-electron chi connectivity index (χ0n) is 18.0. The molecule has 2 heterocycles. The second-order valence-corrected chi connectivity index (χ2v) is 11.1. The lowest BCUT2D eigenvalue weighted by molar-refractivity contribution is -0.141. The number of benzene rings is 1. The number of thiazole rings is 1. The minimum absolute atomic E-state index is 0.0331. The number of hydrogen-bond donors (Lipinski definition) is 2. The summed E-state index contributed by atoms with van der Waals surface area (Å²) in [6, 6.07) is 5.91. The average molecular weight is 512 g/mol. The van der Waals surface area contributed by atoms with E-state index in [-0.39, 0.29) is 21.6 Å². The lowest BCUT2D eigenvalue weighted by atomic mass is 10.0. The molecule has 13 heteroatoms. The van der Waals surface area contributed by atoms with Gasteiger partial charge in [-0.25, -0.2) is 18.4 Å². The molecule has 0 atom stereocenters. The number of amides is 1. The molecule has 2 N–H and O–H groups in total. The van der Waals surface area contributed by atoms with E-state index < -0.39 is 33.3 Å². The van der Waals surface area contributed by atoms with Crippen molar-refractivity contribution in [1.29, 1.82) is 0 Å². The summed E-state index contributed by atoms with van der Waals surface area (Å²) >= 11 is 1.13. The van der Waals surface area contributed by atoms with E-state index in [1.165, 1.54) is 30.5 Å². The number of rotatable bonds is 7. The molecular formula is C21H20F3N5O3S2. The van der Waals surface area contributed by atoms with Crippen molar-refractivity contribution in [2.75, 3.05) is 4.72 Å². The fourth-order valence-corrected chi connectivity index (χ4v) is 5.52. The third-order valence-corrected chi connectivity index (χ3v) is 7.85. The number of nitrogens with zero attached hydrogens (tertiary/aromatic N) is 3. The van der Waals surface area contributed by atoms with Crippen LogP contribution in [-0.2, 0) is 21.7 Å². The summed E-state index contributed by atoms with van der Waals surface area (Å²) in [4.78, 5) is 24.3. The van der Waals surface area contributed by atoms with Gasteiger partial charge in [-0.15, -0.1) is 11.3 Å². The van der Waals surface area contributed by atoms with Gasteiger partial charge in [-0.3, -0.25) is 14.5 Å². The fourth-order valence-electron chi connectivity index (χ4n) is 3.05. The van der Waals surface area contributed by atoms with E-state index >= 15 is 0 Å². The third-order valence-electron chi connectivity index (χ3n) is 5.13. The molecule has 1 saturated carbocycles. The van der Waals surface area contributed by atoms with Crippen molar-refractivity contribution in [3.8, 4) is 11.3 Å². The molecule has 34 heavy (non-hydrogen) atoms. The molecule has 1 amide bonds. The monoisotopic (exact) mass is 511 g/mol. The van der Waals surface area contributed by atoms with Crippen molar-refractivity contribution < 1.29 is 26.4 Å². The molecule has 0 bridgehead atoms. The molecule has 0 radical (unpaired) electrons. The van der Waals surface area contributed by atoms with Gasteiger partial charge in [0.05, 0.1) is 34.6 Å². The highest BCUT2D eigenvalue weighted by atomic mass is 32.2. The van der Waals surface area contributed by atoms with Gasteiger partial charge >= 0.3 is 6.18 Å². The summed E-state index contributed by atoms with van der Waals surface area (Å²) in [5.41, 5.74) is -0.845. The Hall–Kier alpha value is -3.06. The second kappa shape index (κ2) is 8.62. The molecular weight excluding hydrogens is 491 g/mol. The largest absolute Gasteiger partial charge is 0.434 e. The van der Waals surface area contributed by atoms with Crippen molar-refractivity contribution in [2.45, 2.75) is 43.7 Å². The minimum Gasteiger partial charge on any atom is -0.341 e.